The molecule has 0 aromatic carbocycles. The van der Waals surface area contributed by atoms with Crippen molar-refractivity contribution in [2.45, 2.75) is 287 Å². The van der Waals surface area contributed by atoms with Crippen molar-refractivity contribution in [2.24, 2.45) is 41.4 Å². The molecule has 0 aromatic heterocycles. The van der Waals surface area contributed by atoms with Crippen molar-refractivity contribution < 1.29 is 79.8 Å². The molecule has 30 heteroatoms. The molecule has 612 valence electrons. The van der Waals surface area contributed by atoms with E-state index in [2.05, 4.69) is 16.0 Å². The molecule has 7 fully saturated rings. The highest BCUT2D eigenvalue weighted by Gasteiger charge is 2.53. The number of carbonyl (C=O) groups excluding carboxylic acids is 12. The van der Waals surface area contributed by atoms with Crippen LogP contribution >= 0.6 is 11.6 Å². The number of likely N-dealkylation sites (N-methyl/N-ethyl adjacent to an activating group) is 7. The first-order chi connectivity index (χ1) is 50.9. The second-order valence-electron chi connectivity index (χ2n) is 33.6. The van der Waals surface area contributed by atoms with Gasteiger partial charge >= 0.3 is 6.18 Å². The lowest BCUT2D eigenvalue weighted by Crippen LogP contribution is -2.64. The third-order valence-electron chi connectivity index (χ3n) is 24.5. The normalized spacial score (nSPS) is 30.7. The van der Waals surface area contributed by atoms with E-state index in [1.807, 2.05) is 34.6 Å². The van der Waals surface area contributed by atoms with E-state index in [0.29, 0.717) is 45.2 Å². The Bertz CT molecular complexity index is 3120. The summed E-state index contributed by atoms with van der Waals surface area (Å²) in [6.45, 7) is 9.98. The predicted octanol–water partition coefficient (Wildman–Crippen LogP) is 7.47. The monoisotopic (exact) mass is 1550 g/mol. The van der Waals surface area contributed by atoms with Crippen molar-refractivity contribution in [1.29, 1.82) is 0 Å². The maximum Gasteiger partial charge on any atom is 0.394 e. The van der Waals surface area contributed by atoms with Crippen LogP contribution in [-0.4, -0.2) is 282 Å². The number of piperidine rings is 1. The van der Waals surface area contributed by atoms with Crippen LogP contribution < -0.4 is 16.0 Å². The molecule has 12 amide bonds. The number of amides is 12. The van der Waals surface area contributed by atoms with Crippen LogP contribution in [0.3, 0.4) is 0 Å². The molecule has 4 aliphatic carbocycles. The molecular weight excluding hydrogens is 1420 g/mol. The Morgan fingerprint density at radius 3 is 1.80 bits per heavy atom. The molecule has 3 N–H and O–H groups in total. The smallest absolute Gasteiger partial charge is 0.376 e. The second kappa shape index (κ2) is 40.2. The summed E-state index contributed by atoms with van der Waals surface area (Å²) in [6, 6.07) is -9.18. The number of alkyl halides is 5. The van der Waals surface area contributed by atoms with Gasteiger partial charge in [0.05, 0.1) is 44.7 Å². The number of rotatable bonds is 15. The number of ether oxygens (including phenoxy) is 1. The van der Waals surface area contributed by atoms with Crippen LogP contribution in [0.25, 0.3) is 0 Å². The number of halogens is 5. The average molecular weight is 1550 g/mol. The van der Waals surface area contributed by atoms with E-state index in [-0.39, 0.29) is 100.0 Å². The minimum atomic E-state index is -4.78. The maximum absolute atomic E-state index is 15.8. The Labute approximate surface area is 642 Å². The predicted molar refractivity (Wildman–Crippen MR) is 399 cm³/mol. The molecule has 3 aliphatic heterocycles. The van der Waals surface area contributed by atoms with Crippen LogP contribution in [0.5, 0.6) is 0 Å². The van der Waals surface area contributed by atoms with Crippen molar-refractivity contribution in [2.75, 3.05) is 95.2 Å². The van der Waals surface area contributed by atoms with Crippen LogP contribution in [0.15, 0.2) is 0 Å². The summed E-state index contributed by atoms with van der Waals surface area (Å²) in [5.41, 5.74) is -1.66. The minimum absolute atomic E-state index is 0.00646. The van der Waals surface area contributed by atoms with E-state index in [0.717, 1.165) is 78.9 Å². The molecule has 5 unspecified atom stereocenters. The van der Waals surface area contributed by atoms with Crippen LogP contribution in [0.4, 0.5) is 17.6 Å². The average Bonchev–Trinajstić information content (AvgIpc) is 1.55. The zero-order valence-corrected chi connectivity index (χ0v) is 67.3. The lowest BCUT2D eigenvalue weighted by atomic mass is 9.78. The van der Waals surface area contributed by atoms with Gasteiger partial charge in [-0.2, -0.15) is 13.2 Å². The maximum atomic E-state index is 15.8. The molecule has 7 rings (SSSR count). The van der Waals surface area contributed by atoms with Gasteiger partial charge in [0.15, 0.2) is 0 Å². The van der Waals surface area contributed by atoms with E-state index >= 15 is 38.0 Å². The third kappa shape index (κ3) is 23.4. The molecule has 25 nitrogen and oxygen atoms in total. The van der Waals surface area contributed by atoms with E-state index in [4.69, 9.17) is 16.3 Å². The molecule has 14 atom stereocenters. The van der Waals surface area contributed by atoms with Gasteiger partial charge < -0.3 is 64.8 Å². The summed E-state index contributed by atoms with van der Waals surface area (Å²) >= 11 is 6.85. The lowest BCUT2D eigenvalue weighted by molar-refractivity contribution is -0.201. The first kappa shape index (κ1) is 88.8. The van der Waals surface area contributed by atoms with E-state index in [9.17, 15) is 37.1 Å². The largest absolute Gasteiger partial charge is 0.394 e. The number of likely N-dealkylation sites (tertiary alicyclic amines) is 1. The quantitative estimate of drug-likeness (QED) is 0.106. The lowest BCUT2D eigenvalue weighted by Gasteiger charge is -2.41. The van der Waals surface area contributed by atoms with Gasteiger partial charge in [-0.25, -0.2) is 4.39 Å². The Morgan fingerprint density at radius 1 is 0.593 bits per heavy atom. The summed E-state index contributed by atoms with van der Waals surface area (Å²) < 4.78 is 64.2. The van der Waals surface area contributed by atoms with Gasteiger partial charge in [-0.3, -0.25) is 57.5 Å². The number of nitrogens with zero attached hydrogens (tertiary/aromatic N) is 9. The summed E-state index contributed by atoms with van der Waals surface area (Å²) in [7, 11) is 9.87. The van der Waals surface area contributed by atoms with Crippen molar-refractivity contribution >= 4 is 82.5 Å². The molecule has 1 spiro atoms. The zero-order valence-electron chi connectivity index (χ0n) is 66.6. The molecule has 0 radical (unpaired) electrons. The van der Waals surface area contributed by atoms with E-state index in [1.54, 1.807) is 11.8 Å². The van der Waals surface area contributed by atoms with Crippen LogP contribution in [-0.2, 0) is 62.3 Å². The summed E-state index contributed by atoms with van der Waals surface area (Å²) in [5, 5.41) is 8.60. The Morgan fingerprint density at radius 2 is 1.19 bits per heavy atom. The van der Waals surface area contributed by atoms with Gasteiger partial charge in [0.2, 0.25) is 70.9 Å². The van der Waals surface area contributed by atoms with Crippen LogP contribution in [0.2, 0.25) is 0 Å². The first-order valence-electron chi connectivity index (χ1n) is 40.1. The molecule has 7 aliphatic rings. The number of nitrogens with one attached hydrogen (secondary N) is 3. The third-order valence-corrected chi connectivity index (χ3v) is 25.1. The molecule has 0 aromatic rings. The van der Waals surface area contributed by atoms with Gasteiger partial charge in [0, 0.05) is 80.8 Å². The van der Waals surface area contributed by atoms with Crippen molar-refractivity contribution in [1.82, 2.24) is 60.0 Å². The molecule has 4 saturated carbocycles. The minimum Gasteiger partial charge on any atom is -0.376 e. The summed E-state index contributed by atoms with van der Waals surface area (Å²) in [5.74, 6) is -12.0. The van der Waals surface area contributed by atoms with E-state index in [1.165, 1.54) is 73.8 Å². The fourth-order valence-corrected chi connectivity index (χ4v) is 17.7. The molecule has 0 bridgehead atoms. The Hall–Kier alpha value is -6.39. The van der Waals surface area contributed by atoms with Crippen molar-refractivity contribution in [3.63, 3.8) is 0 Å². The van der Waals surface area contributed by atoms with Crippen molar-refractivity contribution in [3.05, 3.63) is 0 Å². The fourth-order valence-electron chi connectivity index (χ4n) is 17.3. The molecule has 3 heterocycles. The topological polar surface area (TPSA) is 279 Å². The van der Waals surface area contributed by atoms with E-state index < -0.39 is 194 Å². The van der Waals surface area contributed by atoms with Crippen LogP contribution in [0.1, 0.15) is 215 Å². The summed E-state index contributed by atoms with van der Waals surface area (Å²) in [4.78, 5) is 193. The highest BCUT2D eigenvalue weighted by atomic mass is 35.5. The zero-order chi connectivity index (χ0) is 79.8. The van der Waals surface area contributed by atoms with Crippen molar-refractivity contribution in [3.8, 4) is 0 Å². The van der Waals surface area contributed by atoms with Crippen LogP contribution in [0, 0.1) is 41.4 Å². The van der Waals surface area contributed by atoms with Gasteiger partial charge in [0.25, 0.3) is 0 Å². The van der Waals surface area contributed by atoms with Gasteiger partial charge in [-0.05, 0) is 132 Å². The molecule has 108 heavy (non-hydrogen) atoms. The van der Waals surface area contributed by atoms with Gasteiger partial charge in [0.1, 0.15) is 54.0 Å². The number of carbonyl (C=O) groups is 12. The number of hydrogen-bond donors (Lipinski definition) is 3. The molecular formula is C78H127ClF4N12O13. The number of hydrogen-bond acceptors (Lipinski definition) is 13. The fraction of sp³-hybridized carbons (Fsp3) is 0.846. The highest BCUT2D eigenvalue weighted by molar-refractivity contribution is 6.20. The van der Waals surface area contributed by atoms with Gasteiger partial charge in [-0.1, -0.05) is 106 Å². The number of fused-ring (bicyclic) bond motifs is 1. The second-order valence-corrected chi connectivity index (χ2v) is 34.2. The standard InChI is InChI=1S/C78H127ClF4N12O13/c1-14-50(6)68-75(106)89(9)45-66(98)87(7)46-67(99)91(11)62(40-51-25-17-15-18-26-51)72(103)88(8)44-64(96)84-58(32-30-52-29-31-55(57(80)39-52)78(81,82)83)71(102)95-43-54(108-47-53-27-19-20-28-56(53)79)41-60(95)70(101)86-77(33-21-22-34-77)76(107)93(13)61(38-49(4)5)73(104)92(12)63(74(105)94-35-23-16-24-36-94)42-65(97)90(10)59(37-48(2)3)69(100)85-68/h48-63,68H,14-47H2,1-13H3,(H,84,96)(H,85,100)(H,86,101)/t50-,52?,53?,54+,55?,56?,57?,58-,59-,60-,61-,62-,63-,68-/m0/s1. The van der Waals surface area contributed by atoms with Gasteiger partial charge in [-0.15, -0.1) is 11.6 Å². The summed E-state index contributed by atoms with van der Waals surface area (Å²) in [6.07, 6.45) is 2.06. The highest BCUT2D eigenvalue weighted by Crippen LogP contribution is 2.43. The SMILES string of the molecule is CC[C@H](C)[C@@H]1NC(=O)[C@H](CC(C)C)N(C)C(=O)C[C@@H](C(=O)N2CCCCC2)N(C)C(=O)[C@H](CC(C)C)N(C)C(=O)C2(CCCC2)NC(=O)[C@@H]2C[C@@H](OCC3CCCCC3Cl)CN2C(=O)[C@H](CCC2CCC(C(F)(F)F)C(F)C2)NC(=O)CN(C)C(=O)[C@H](CC2CCCCC2)N(C)C(=O)CN(C)C(=O)CN(C)C1=O. The Balaban J connectivity index is 1.31. The molecule has 3 saturated heterocycles. The first-order valence-corrected chi connectivity index (χ1v) is 40.6. The Kier molecular flexibility index (Phi) is 33.0.